The van der Waals surface area contributed by atoms with Gasteiger partial charge < -0.3 is 4.74 Å². The van der Waals surface area contributed by atoms with E-state index in [1.54, 1.807) is 0 Å². The van der Waals surface area contributed by atoms with Crippen molar-refractivity contribution in [1.29, 1.82) is 0 Å². The van der Waals surface area contributed by atoms with Gasteiger partial charge in [0.25, 0.3) is 0 Å². The summed E-state index contributed by atoms with van der Waals surface area (Å²) in [6.45, 7) is 24.9. The van der Waals surface area contributed by atoms with E-state index in [2.05, 4.69) is 54.0 Å². The van der Waals surface area contributed by atoms with Crippen LogP contribution in [0.15, 0.2) is 50.6 Å². The van der Waals surface area contributed by atoms with Crippen LogP contribution in [-0.4, -0.2) is 12.2 Å². The number of ether oxygens (including phenoxy) is 1. The van der Waals surface area contributed by atoms with Gasteiger partial charge in [-0.3, -0.25) is 0 Å². The minimum Gasteiger partial charge on any atom is -0.373 e. The summed E-state index contributed by atoms with van der Waals surface area (Å²) < 4.78 is 6.74. The molecular formula is C22H38O. The Balaban J connectivity index is 5.63. The van der Waals surface area contributed by atoms with Crippen LogP contribution in [0.1, 0.15) is 53.4 Å². The van der Waals surface area contributed by atoms with Crippen LogP contribution in [0, 0.1) is 23.7 Å². The van der Waals surface area contributed by atoms with Gasteiger partial charge in [0.1, 0.15) is 0 Å². The second-order valence-electron chi connectivity index (χ2n) is 6.30. The number of hydrogen-bond donors (Lipinski definition) is 0. The van der Waals surface area contributed by atoms with Crippen LogP contribution < -0.4 is 0 Å². The molecule has 0 aromatic rings. The highest BCUT2D eigenvalue weighted by Gasteiger charge is 2.32. The molecule has 0 saturated heterocycles. The lowest BCUT2D eigenvalue weighted by Crippen LogP contribution is -2.39. The van der Waals surface area contributed by atoms with Crippen molar-refractivity contribution in [3.63, 3.8) is 0 Å². The Morgan fingerprint density at radius 2 is 0.783 bits per heavy atom. The summed E-state index contributed by atoms with van der Waals surface area (Å²) in [7, 11) is 0. The first kappa shape index (κ1) is 21.9. The first-order valence-corrected chi connectivity index (χ1v) is 9.23. The lowest BCUT2D eigenvalue weighted by Gasteiger charge is -2.38. The lowest BCUT2D eigenvalue weighted by atomic mass is 9.84. The fourth-order valence-corrected chi connectivity index (χ4v) is 3.35. The third-order valence-corrected chi connectivity index (χ3v) is 5.10. The Bertz CT molecular complexity index is 291. The molecule has 0 rings (SSSR count). The van der Waals surface area contributed by atoms with Crippen LogP contribution in [0.25, 0.3) is 0 Å². The van der Waals surface area contributed by atoms with Crippen molar-refractivity contribution in [1.82, 2.24) is 0 Å². The smallest absolute Gasteiger partial charge is 0.0704 e. The van der Waals surface area contributed by atoms with Gasteiger partial charge in [0, 0.05) is 23.7 Å². The Hall–Kier alpha value is -1.08. The molecule has 0 spiro atoms. The summed E-state index contributed by atoms with van der Waals surface area (Å²) in [6, 6.07) is 0. The molecule has 0 saturated carbocycles. The predicted octanol–water partition coefficient (Wildman–Crippen LogP) is 6.59. The summed E-state index contributed by atoms with van der Waals surface area (Å²) >= 11 is 0. The summed E-state index contributed by atoms with van der Waals surface area (Å²) in [5.74, 6) is 1.35. The van der Waals surface area contributed by atoms with Crippen LogP contribution >= 0.6 is 0 Å². The van der Waals surface area contributed by atoms with E-state index in [-0.39, 0.29) is 12.2 Å². The number of hydrogen-bond acceptors (Lipinski definition) is 1. The lowest BCUT2D eigenvalue weighted by molar-refractivity contribution is -0.0900. The van der Waals surface area contributed by atoms with Crippen LogP contribution in [0.4, 0.5) is 0 Å². The fraction of sp³-hybridized carbons (Fsp3) is 0.636. The monoisotopic (exact) mass is 318 g/mol. The molecule has 4 atom stereocenters. The van der Waals surface area contributed by atoms with E-state index in [4.69, 9.17) is 4.74 Å². The Labute approximate surface area is 145 Å². The summed E-state index contributed by atoms with van der Waals surface area (Å²) in [6.07, 6.45) is 12.5. The average molecular weight is 319 g/mol. The highest BCUT2D eigenvalue weighted by atomic mass is 16.5. The molecule has 0 aromatic heterocycles. The van der Waals surface area contributed by atoms with E-state index < -0.39 is 0 Å². The van der Waals surface area contributed by atoms with Gasteiger partial charge in [0.15, 0.2) is 0 Å². The van der Waals surface area contributed by atoms with E-state index in [1.807, 2.05) is 24.3 Å². The molecule has 4 unspecified atom stereocenters. The Kier molecular flexibility index (Phi) is 11.8. The maximum absolute atomic E-state index is 6.74. The average Bonchev–Trinajstić information content (AvgIpc) is 2.58. The quantitative estimate of drug-likeness (QED) is 0.328. The van der Waals surface area contributed by atoms with Crippen molar-refractivity contribution in [3.05, 3.63) is 50.6 Å². The topological polar surface area (TPSA) is 9.23 Å². The molecule has 0 N–H and O–H groups in total. The molecule has 132 valence electrons. The second kappa shape index (κ2) is 12.4. The Morgan fingerprint density at radius 3 is 0.913 bits per heavy atom. The van der Waals surface area contributed by atoms with Crippen molar-refractivity contribution in [2.75, 3.05) is 0 Å². The minimum atomic E-state index is 0.119. The van der Waals surface area contributed by atoms with Gasteiger partial charge in [0.2, 0.25) is 0 Å². The summed E-state index contributed by atoms with van der Waals surface area (Å²) in [5.41, 5.74) is 0. The van der Waals surface area contributed by atoms with Gasteiger partial charge in [-0.25, -0.2) is 0 Å². The molecule has 0 amide bonds. The summed E-state index contributed by atoms with van der Waals surface area (Å²) in [4.78, 5) is 0. The molecule has 0 aromatic carbocycles. The fourth-order valence-electron chi connectivity index (χ4n) is 3.35. The molecule has 23 heavy (non-hydrogen) atoms. The molecule has 0 bridgehead atoms. The second-order valence-corrected chi connectivity index (χ2v) is 6.30. The normalized spacial score (nSPS) is 19.0. The van der Waals surface area contributed by atoms with Crippen LogP contribution in [0.3, 0.4) is 0 Å². The van der Waals surface area contributed by atoms with Gasteiger partial charge in [-0.15, -0.1) is 26.3 Å². The third kappa shape index (κ3) is 6.14. The van der Waals surface area contributed by atoms with Crippen molar-refractivity contribution in [2.24, 2.45) is 23.7 Å². The first-order chi connectivity index (χ1) is 11.1. The molecule has 0 radical (unpaired) electrons. The van der Waals surface area contributed by atoms with Gasteiger partial charge in [-0.2, -0.15) is 0 Å². The minimum absolute atomic E-state index is 0.119. The van der Waals surface area contributed by atoms with Crippen LogP contribution in [0.2, 0.25) is 0 Å². The van der Waals surface area contributed by atoms with Gasteiger partial charge in [-0.05, 0) is 25.7 Å². The zero-order valence-electron chi connectivity index (χ0n) is 15.8. The van der Waals surface area contributed by atoms with E-state index in [0.717, 1.165) is 25.7 Å². The highest BCUT2D eigenvalue weighted by molar-refractivity contribution is 4.99. The molecular weight excluding hydrogens is 280 g/mol. The summed E-state index contributed by atoms with van der Waals surface area (Å²) in [5, 5.41) is 0. The molecule has 1 heteroatoms. The zero-order valence-corrected chi connectivity index (χ0v) is 15.8. The molecule has 0 fully saturated rings. The first-order valence-electron chi connectivity index (χ1n) is 9.23. The van der Waals surface area contributed by atoms with Crippen LogP contribution in [0.5, 0.6) is 0 Å². The Morgan fingerprint density at radius 1 is 0.565 bits per heavy atom. The van der Waals surface area contributed by atoms with Crippen molar-refractivity contribution in [2.45, 2.75) is 65.6 Å². The number of rotatable bonds is 14. The van der Waals surface area contributed by atoms with Gasteiger partial charge >= 0.3 is 0 Å². The van der Waals surface area contributed by atoms with E-state index in [1.165, 1.54) is 0 Å². The van der Waals surface area contributed by atoms with Crippen molar-refractivity contribution < 1.29 is 4.74 Å². The molecule has 0 aliphatic carbocycles. The van der Waals surface area contributed by atoms with Gasteiger partial charge in [-0.1, -0.05) is 52.0 Å². The van der Waals surface area contributed by atoms with E-state index in [0.29, 0.717) is 23.7 Å². The van der Waals surface area contributed by atoms with Crippen molar-refractivity contribution >= 4 is 0 Å². The maximum atomic E-state index is 6.74. The molecule has 0 aliphatic rings. The predicted molar refractivity (Wildman–Crippen MR) is 105 cm³/mol. The largest absolute Gasteiger partial charge is 0.373 e. The molecule has 1 nitrogen and oxygen atoms in total. The van der Waals surface area contributed by atoms with E-state index >= 15 is 0 Å². The zero-order chi connectivity index (χ0) is 17.8. The van der Waals surface area contributed by atoms with Gasteiger partial charge in [0.05, 0.1) is 12.2 Å². The maximum Gasteiger partial charge on any atom is 0.0704 e. The standard InChI is InChI=1S/C22H38O/c1-9-17(10-2)21(18(11-3)12-4)23-22(19(13-5)14-6)20(15-7)16-8/h9,11,13,15,17-22H,1,3,5,7,10,12,14,16H2,2,4,6,8H3. The van der Waals surface area contributed by atoms with Crippen molar-refractivity contribution in [3.8, 4) is 0 Å². The third-order valence-electron chi connectivity index (χ3n) is 5.10. The van der Waals surface area contributed by atoms with Crippen LogP contribution in [-0.2, 0) is 4.74 Å². The molecule has 0 aliphatic heterocycles. The molecule has 0 heterocycles. The SMILES string of the molecule is C=CC(CC)C(OC(C(C=C)CC)C(C=C)CC)C(C=C)CC. The van der Waals surface area contributed by atoms with E-state index in [9.17, 15) is 0 Å². The highest BCUT2D eigenvalue weighted by Crippen LogP contribution is 2.32.